The summed E-state index contributed by atoms with van der Waals surface area (Å²) >= 11 is 0. The van der Waals surface area contributed by atoms with E-state index in [0.717, 1.165) is 30.6 Å². The van der Waals surface area contributed by atoms with Crippen LogP contribution in [-0.2, 0) is 4.79 Å². The number of rotatable bonds is 9. The van der Waals surface area contributed by atoms with Gasteiger partial charge in [0.2, 0.25) is 0 Å². The molecule has 1 aromatic rings. The molecule has 2 aliphatic rings. The van der Waals surface area contributed by atoms with Gasteiger partial charge >= 0.3 is 5.97 Å². The molecule has 0 radical (unpaired) electrons. The van der Waals surface area contributed by atoms with Gasteiger partial charge < -0.3 is 4.74 Å². The molecule has 1 aromatic carbocycles. The summed E-state index contributed by atoms with van der Waals surface area (Å²) in [7, 11) is 0. The third-order valence-corrected chi connectivity index (χ3v) is 7.54. The minimum absolute atomic E-state index is 0.224. The summed E-state index contributed by atoms with van der Waals surface area (Å²) in [6.07, 6.45) is 16.7. The van der Waals surface area contributed by atoms with Crippen molar-refractivity contribution in [2.45, 2.75) is 96.8 Å². The maximum atomic E-state index is 13.3. The summed E-state index contributed by atoms with van der Waals surface area (Å²) in [6, 6.07) is 1.43. The second-order valence-corrected chi connectivity index (χ2v) is 9.78. The lowest BCUT2D eigenvalue weighted by atomic mass is 9.67. The van der Waals surface area contributed by atoms with Crippen LogP contribution >= 0.6 is 0 Å². The summed E-state index contributed by atoms with van der Waals surface area (Å²) in [4.78, 5) is 12.1. The van der Waals surface area contributed by atoms with E-state index in [4.69, 9.17) is 4.74 Å². The molecule has 3 rings (SSSR count). The van der Waals surface area contributed by atoms with Gasteiger partial charge in [0.05, 0.1) is 0 Å². The third kappa shape index (κ3) is 7.25. The second kappa shape index (κ2) is 11.9. The van der Waals surface area contributed by atoms with Crippen LogP contribution in [0.3, 0.4) is 0 Å². The SMILES string of the molecule is CCCCCC1CCC([C@H]2CCCC(CCC(=O)Oc3cc(F)c(F)c(F)c3)C2)CC1. The van der Waals surface area contributed by atoms with Crippen molar-refractivity contribution in [3.05, 3.63) is 29.6 Å². The number of hydrogen-bond donors (Lipinski definition) is 0. The quantitative estimate of drug-likeness (QED) is 0.169. The van der Waals surface area contributed by atoms with Crippen LogP contribution in [-0.4, -0.2) is 5.97 Å². The van der Waals surface area contributed by atoms with Crippen LogP contribution in [0.5, 0.6) is 5.75 Å². The molecule has 1 unspecified atom stereocenters. The Morgan fingerprint density at radius 1 is 0.903 bits per heavy atom. The van der Waals surface area contributed by atoms with Crippen LogP contribution in [0.4, 0.5) is 13.2 Å². The Hall–Kier alpha value is -1.52. The molecule has 0 aliphatic heterocycles. The van der Waals surface area contributed by atoms with E-state index in [1.807, 2.05) is 0 Å². The summed E-state index contributed by atoms with van der Waals surface area (Å²) in [6.45, 7) is 2.26. The van der Waals surface area contributed by atoms with Gasteiger partial charge in [0, 0.05) is 18.6 Å². The zero-order valence-corrected chi connectivity index (χ0v) is 18.8. The molecule has 31 heavy (non-hydrogen) atoms. The molecule has 0 saturated heterocycles. The average Bonchev–Trinajstić information content (AvgIpc) is 2.77. The zero-order valence-electron chi connectivity index (χ0n) is 18.8. The number of unbranched alkanes of at least 4 members (excludes halogenated alkanes) is 2. The molecule has 2 atom stereocenters. The lowest BCUT2D eigenvalue weighted by molar-refractivity contribution is -0.134. The van der Waals surface area contributed by atoms with Crippen LogP contribution in [0.1, 0.15) is 96.8 Å². The Bertz CT molecular complexity index is 690. The maximum absolute atomic E-state index is 13.3. The van der Waals surface area contributed by atoms with Gasteiger partial charge in [-0.3, -0.25) is 4.79 Å². The van der Waals surface area contributed by atoms with Crippen molar-refractivity contribution in [3.8, 4) is 5.75 Å². The first-order valence-corrected chi connectivity index (χ1v) is 12.3. The smallest absolute Gasteiger partial charge is 0.311 e. The molecule has 0 aromatic heterocycles. The molecule has 0 N–H and O–H groups in total. The predicted molar refractivity (Wildman–Crippen MR) is 116 cm³/mol. The number of esters is 1. The second-order valence-electron chi connectivity index (χ2n) is 9.78. The number of halogens is 3. The minimum atomic E-state index is -1.55. The fourth-order valence-electron chi connectivity index (χ4n) is 5.75. The zero-order chi connectivity index (χ0) is 22.2. The number of hydrogen-bond acceptors (Lipinski definition) is 2. The van der Waals surface area contributed by atoms with Gasteiger partial charge in [-0.25, -0.2) is 13.2 Å². The van der Waals surface area contributed by atoms with Crippen molar-refractivity contribution in [1.29, 1.82) is 0 Å². The first-order valence-electron chi connectivity index (χ1n) is 12.3. The number of benzene rings is 1. The van der Waals surface area contributed by atoms with E-state index >= 15 is 0 Å². The molecular weight excluding hydrogens is 401 g/mol. The average molecular weight is 439 g/mol. The molecule has 2 aliphatic carbocycles. The maximum Gasteiger partial charge on any atom is 0.311 e. The fourth-order valence-corrected chi connectivity index (χ4v) is 5.75. The van der Waals surface area contributed by atoms with Gasteiger partial charge in [-0.2, -0.15) is 0 Å². The minimum Gasteiger partial charge on any atom is -0.426 e. The van der Waals surface area contributed by atoms with Gasteiger partial charge in [-0.1, -0.05) is 64.7 Å². The van der Waals surface area contributed by atoms with Gasteiger partial charge in [-0.15, -0.1) is 0 Å². The van der Waals surface area contributed by atoms with Crippen molar-refractivity contribution >= 4 is 5.97 Å². The molecule has 2 nitrogen and oxygen atoms in total. The van der Waals surface area contributed by atoms with E-state index in [1.165, 1.54) is 70.6 Å². The largest absolute Gasteiger partial charge is 0.426 e. The summed E-state index contributed by atoms with van der Waals surface area (Å²) in [5, 5.41) is 0. The summed E-state index contributed by atoms with van der Waals surface area (Å²) in [5.74, 6) is -2.00. The Kier molecular flexibility index (Phi) is 9.28. The van der Waals surface area contributed by atoms with Crippen LogP contribution in [0.15, 0.2) is 12.1 Å². The molecule has 5 heteroatoms. The molecule has 0 bridgehead atoms. The lowest BCUT2D eigenvalue weighted by Gasteiger charge is -2.38. The molecule has 174 valence electrons. The first-order chi connectivity index (χ1) is 15.0. The van der Waals surface area contributed by atoms with Crippen molar-refractivity contribution < 1.29 is 22.7 Å². The van der Waals surface area contributed by atoms with E-state index in [1.54, 1.807) is 0 Å². The molecule has 2 saturated carbocycles. The van der Waals surface area contributed by atoms with Crippen molar-refractivity contribution in [2.24, 2.45) is 23.7 Å². The van der Waals surface area contributed by atoms with E-state index in [2.05, 4.69) is 6.92 Å². The molecule has 2 fully saturated rings. The topological polar surface area (TPSA) is 26.3 Å². The fraction of sp³-hybridized carbons (Fsp3) is 0.731. The lowest BCUT2D eigenvalue weighted by Crippen LogP contribution is -2.27. The Labute approximate surface area is 184 Å². The highest BCUT2D eigenvalue weighted by molar-refractivity contribution is 5.72. The van der Waals surface area contributed by atoms with Crippen LogP contribution < -0.4 is 4.74 Å². The van der Waals surface area contributed by atoms with Crippen LogP contribution in [0, 0.1) is 41.1 Å². The molecule has 0 amide bonds. The van der Waals surface area contributed by atoms with E-state index in [-0.39, 0.29) is 12.2 Å². The van der Waals surface area contributed by atoms with E-state index in [0.29, 0.717) is 18.1 Å². The molecule has 0 spiro atoms. The van der Waals surface area contributed by atoms with Gasteiger partial charge in [-0.05, 0) is 49.4 Å². The third-order valence-electron chi connectivity index (χ3n) is 7.54. The monoisotopic (exact) mass is 438 g/mol. The first kappa shape index (κ1) is 24.1. The standard InChI is InChI=1S/C26H37F3O2/c1-2-3-4-6-18-9-12-20(13-10-18)21-8-5-7-19(15-21)11-14-25(30)31-22-16-23(27)26(29)24(28)17-22/h16-21H,2-15H2,1H3/t18?,19?,20?,21-/m0/s1. The van der Waals surface area contributed by atoms with Gasteiger partial charge in [0.15, 0.2) is 17.5 Å². The molecular formula is C26H37F3O2. The number of ether oxygens (including phenoxy) is 1. The highest BCUT2D eigenvalue weighted by Gasteiger charge is 2.31. The Balaban J connectivity index is 1.39. The van der Waals surface area contributed by atoms with E-state index in [9.17, 15) is 18.0 Å². The van der Waals surface area contributed by atoms with Crippen molar-refractivity contribution in [3.63, 3.8) is 0 Å². The Morgan fingerprint density at radius 2 is 1.61 bits per heavy atom. The van der Waals surface area contributed by atoms with Crippen LogP contribution in [0.2, 0.25) is 0 Å². The summed E-state index contributed by atoms with van der Waals surface area (Å²) in [5.41, 5.74) is 0. The normalized spacial score (nSPS) is 26.6. The van der Waals surface area contributed by atoms with E-state index < -0.39 is 23.4 Å². The Morgan fingerprint density at radius 3 is 2.29 bits per heavy atom. The van der Waals surface area contributed by atoms with Crippen molar-refractivity contribution in [2.75, 3.05) is 0 Å². The number of carbonyl (C=O) groups excluding carboxylic acids is 1. The van der Waals surface area contributed by atoms with Gasteiger partial charge in [0.1, 0.15) is 5.75 Å². The number of carbonyl (C=O) groups is 1. The van der Waals surface area contributed by atoms with Gasteiger partial charge in [0.25, 0.3) is 0 Å². The summed E-state index contributed by atoms with van der Waals surface area (Å²) < 4.78 is 44.6. The van der Waals surface area contributed by atoms with Crippen LogP contribution in [0.25, 0.3) is 0 Å². The highest BCUT2D eigenvalue weighted by atomic mass is 19.2. The predicted octanol–water partition coefficient (Wildman–Crippen LogP) is 7.98. The van der Waals surface area contributed by atoms with Crippen molar-refractivity contribution in [1.82, 2.24) is 0 Å². The highest BCUT2D eigenvalue weighted by Crippen LogP contribution is 2.43. The molecule has 0 heterocycles.